The van der Waals surface area contributed by atoms with E-state index in [9.17, 15) is 0 Å². The van der Waals surface area contributed by atoms with Crippen molar-refractivity contribution in [3.8, 4) is 17.1 Å². The Morgan fingerprint density at radius 3 is 2.56 bits per heavy atom. The first-order valence-electron chi connectivity index (χ1n) is 12.1. The standard InChI is InChI=1S/C29H30ClN5O/c1-20-16-23(30)12-13-25(20)31-27-18-28(33-29(32-27)22-10-7-11-24(17-22)36-3)35-15-14-34(2)26(19-35)21-8-5-4-6-9-21/h4-13,16-18,26H,14-15,19H2,1-3H3,(H,31,32,33). The van der Waals surface area contributed by atoms with Crippen molar-refractivity contribution >= 4 is 28.9 Å². The summed E-state index contributed by atoms with van der Waals surface area (Å²) in [6, 6.07) is 26.6. The molecule has 0 radical (unpaired) electrons. The molecule has 1 aliphatic heterocycles. The number of likely N-dealkylation sites (N-methyl/N-ethyl adjacent to an activating group) is 1. The van der Waals surface area contributed by atoms with E-state index in [1.807, 2.05) is 55.5 Å². The Kier molecular flexibility index (Phi) is 7.07. The molecule has 2 heterocycles. The van der Waals surface area contributed by atoms with Gasteiger partial charge in [-0.25, -0.2) is 9.97 Å². The Morgan fingerprint density at radius 1 is 0.944 bits per heavy atom. The van der Waals surface area contributed by atoms with Crippen molar-refractivity contribution in [3.63, 3.8) is 0 Å². The number of anilines is 3. The highest BCUT2D eigenvalue weighted by atomic mass is 35.5. The van der Waals surface area contributed by atoms with Crippen LogP contribution in [0.25, 0.3) is 11.4 Å². The number of piperazine rings is 1. The van der Waals surface area contributed by atoms with Crippen molar-refractivity contribution in [2.75, 3.05) is 44.0 Å². The summed E-state index contributed by atoms with van der Waals surface area (Å²) < 4.78 is 5.45. The maximum absolute atomic E-state index is 6.18. The van der Waals surface area contributed by atoms with Gasteiger partial charge in [0, 0.05) is 42.0 Å². The van der Waals surface area contributed by atoms with E-state index in [1.165, 1.54) is 5.56 Å². The minimum Gasteiger partial charge on any atom is -0.497 e. The molecule has 7 heteroatoms. The molecule has 0 bridgehead atoms. The van der Waals surface area contributed by atoms with Crippen LogP contribution in [0.2, 0.25) is 5.02 Å². The molecule has 1 aromatic heterocycles. The number of ether oxygens (including phenoxy) is 1. The summed E-state index contributed by atoms with van der Waals surface area (Å²) in [6.07, 6.45) is 0. The molecule has 5 rings (SSSR count). The molecular weight excluding hydrogens is 470 g/mol. The fourth-order valence-corrected chi connectivity index (χ4v) is 4.80. The van der Waals surface area contributed by atoms with Crippen molar-refractivity contribution in [1.82, 2.24) is 14.9 Å². The Balaban J connectivity index is 1.53. The van der Waals surface area contributed by atoms with Crippen molar-refractivity contribution in [2.24, 2.45) is 0 Å². The van der Waals surface area contributed by atoms with E-state index < -0.39 is 0 Å². The highest BCUT2D eigenvalue weighted by molar-refractivity contribution is 6.30. The van der Waals surface area contributed by atoms with E-state index in [-0.39, 0.29) is 6.04 Å². The zero-order valence-electron chi connectivity index (χ0n) is 20.8. The Bertz CT molecular complexity index is 1350. The number of hydrogen-bond donors (Lipinski definition) is 1. The van der Waals surface area contributed by atoms with E-state index in [0.717, 1.165) is 53.8 Å². The molecule has 1 saturated heterocycles. The van der Waals surface area contributed by atoms with Gasteiger partial charge in [-0.15, -0.1) is 0 Å². The molecule has 3 aromatic carbocycles. The van der Waals surface area contributed by atoms with Gasteiger partial charge in [0.2, 0.25) is 0 Å². The summed E-state index contributed by atoms with van der Waals surface area (Å²) in [4.78, 5) is 14.6. The minimum atomic E-state index is 0.283. The van der Waals surface area contributed by atoms with Crippen molar-refractivity contribution in [1.29, 1.82) is 0 Å². The van der Waals surface area contributed by atoms with Crippen molar-refractivity contribution in [2.45, 2.75) is 13.0 Å². The molecule has 0 amide bonds. The number of aryl methyl sites for hydroxylation is 1. The number of nitrogens with one attached hydrogen (secondary N) is 1. The molecule has 1 fully saturated rings. The molecule has 6 nitrogen and oxygen atoms in total. The quantitative estimate of drug-likeness (QED) is 0.333. The molecule has 0 aliphatic carbocycles. The molecule has 36 heavy (non-hydrogen) atoms. The first-order valence-corrected chi connectivity index (χ1v) is 12.4. The fourth-order valence-electron chi connectivity index (χ4n) is 4.57. The lowest BCUT2D eigenvalue weighted by atomic mass is 10.0. The normalized spacial score (nSPS) is 16.1. The summed E-state index contributed by atoms with van der Waals surface area (Å²) in [5.74, 6) is 3.05. The third kappa shape index (κ3) is 5.30. The number of halogens is 1. The van der Waals surface area contributed by atoms with E-state index in [4.69, 9.17) is 26.3 Å². The van der Waals surface area contributed by atoms with E-state index >= 15 is 0 Å². The highest BCUT2D eigenvalue weighted by Gasteiger charge is 2.27. The SMILES string of the molecule is COc1cccc(-c2nc(Nc3ccc(Cl)cc3C)cc(N3CCN(C)C(c4ccccc4)C3)n2)c1. The summed E-state index contributed by atoms with van der Waals surface area (Å²) in [7, 11) is 3.85. The number of hydrogen-bond acceptors (Lipinski definition) is 6. The zero-order chi connectivity index (χ0) is 25.1. The summed E-state index contributed by atoms with van der Waals surface area (Å²) in [6.45, 7) is 4.70. The number of methoxy groups -OCH3 is 1. The predicted octanol–water partition coefficient (Wildman–Crippen LogP) is 6.35. The molecule has 0 saturated carbocycles. The Morgan fingerprint density at radius 2 is 1.78 bits per heavy atom. The first-order chi connectivity index (χ1) is 17.5. The third-order valence-electron chi connectivity index (χ3n) is 6.65. The van der Waals surface area contributed by atoms with Crippen LogP contribution in [0.15, 0.2) is 78.9 Å². The second-order valence-electron chi connectivity index (χ2n) is 9.10. The van der Waals surface area contributed by atoms with Crippen LogP contribution in [0.4, 0.5) is 17.3 Å². The van der Waals surface area contributed by atoms with Gasteiger partial charge in [0.1, 0.15) is 17.4 Å². The van der Waals surface area contributed by atoms with Crippen LogP contribution >= 0.6 is 11.6 Å². The summed E-state index contributed by atoms with van der Waals surface area (Å²) >= 11 is 6.18. The largest absolute Gasteiger partial charge is 0.497 e. The number of aromatic nitrogens is 2. The smallest absolute Gasteiger partial charge is 0.164 e. The van der Waals surface area contributed by atoms with Crippen LogP contribution in [0.3, 0.4) is 0 Å². The van der Waals surface area contributed by atoms with Gasteiger partial charge in [-0.05, 0) is 55.4 Å². The topological polar surface area (TPSA) is 53.5 Å². The average molecular weight is 500 g/mol. The first kappa shape index (κ1) is 24.1. The molecule has 1 unspecified atom stereocenters. The van der Waals surface area contributed by atoms with E-state index in [0.29, 0.717) is 10.8 Å². The van der Waals surface area contributed by atoms with Crippen LogP contribution in [-0.4, -0.2) is 48.7 Å². The molecule has 1 N–H and O–H groups in total. The van der Waals surface area contributed by atoms with Crippen LogP contribution in [-0.2, 0) is 0 Å². The lowest BCUT2D eigenvalue weighted by Crippen LogP contribution is -2.47. The molecule has 1 aliphatic rings. The zero-order valence-corrected chi connectivity index (χ0v) is 21.5. The lowest BCUT2D eigenvalue weighted by molar-refractivity contribution is 0.220. The lowest BCUT2D eigenvalue weighted by Gasteiger charge is -2.40. The van der Waals surface area contributed by atoms with Gasteiger partial charge in [-0.3, -0.25) is 4.90 Å². The van der Waals surface area contributed by atoms with Crippen molar-refractivity contribution in [3.05, 3.63) is 95.0 Å². The monoisotopic (exact) mass is 499 g/mol. The Labute approximate surface area is 217 Å². The molecule has 4 aromatic rings. The van der Waals surface area contributed by atoms with Gasteiger partial charge in [0.15, 0.2) is 5.82 Å². The van der Waals surface area contributed by atoms with Crippen molar-refractivity contribution < 1.29 is 4.74 Å². The van der Waals surface area contributed by atoms with Gasteiger partial charge in [0.05, 0.1) is 13.2 Å². The van der Waals surface area contributed by atoms with E-state index in [1.54, 1.807) is 7.11 Å². The third-order valence-corrected chi connectivity index (χ3v) is 6.88. The molecule has 184 valence electrons. The van der Waals surface area contributed by atoms with E-state index in [2.05, 4.69) is 52.5 Å². The average Bonchev–Trinajstić information content (AvgIpc) is 2.91. The number of nitrogens with zero attached hydrogens (tertiary/aromatic N) is 4. The second kappa shape index (κ2) is 10.6. The van der Waals surface area contributed by atoms with Crippen LogP contribution in [0, 0.1) is 6.92 Å². The Hall–Kier alpha value is -3.61. The summed E-state index contributed by atoms with van der Waals surface area (Å²) in [5.41, 5.74) is 4.22. The molecule has 1 atom stereocenters. The maximum Gasteiger partial charge on any atom is 0.164 e. The minimum absolute atomic E-state index is 0.283. The van der Waals surface area contributed by atoms with Crippen LogP contribution < -0.4 is 15.0 Å². The molecular formula is C29H30ClN5O. The second-order valence-corrected chi connectivity index (χ2v) is 9.54. The maximum atomic E-state index is 6.18. The van der Waals surface area contributed by atoms with Gasteiger partial charge in [-0.2, -0.15) is 0 Å². The van der Waals surface area contributed by atoms with Gasteiger partial charge < -0.3 is 15.0 Å². The number of rotatable bonds is 6. The summed E-state index contributed by atoms with van der Waals surface area (Å²) in [5, 5.41) is 4.20. The fraction of sp³-hybridized carbons (Fsp3) is 0.241. The number of benzene rings is 3. The predicted molar refractivity (Wildman–Crippen MR) is 148 cm³/mol. The van der Waals surface area contributed by atoms with Gasteiger partial charge in [-0.1, -0.05) is 54.1 Å². The van der Waals surface area contributed by atoms with Gasteiger partial charge in [0.25, 0.3) is 0 Å². The van der Waals surface area contributed by atoms with Gasteiger partial charge >= 0.3 is 0 Å². The van der Waals surface area contributed by atoms with Crippen LogP contribution in [0.5, 0.6) is 5.75 Å². The molecule has 0 spiro atoms. The highest BCUT2D eigenvalue weighted by Crippen LogP contribution is 2.31. The van der Waals surface area contributed by atoms with Crippen LogP contribution in [0.1, 0.15) is 17.2 Å².